The van der Waals surface area contributed by atoms with Crippen molar-refractivity contribution in [3.8, 4) is 0 Å². The van der Waals surface area contributed by atoms with Crippen LogP contribution >= 0.6 is 0 Å². The summed E-state index contributed by atoms with van der Waals surface area (Å²) < 4.78 is 0. The lowest BCUT2D eigenvalue weighted by Gasteiger charge is -2.26. The molecule has 0 spiro atoms. The summed E-state index contributed by atoms with van der Waals surface area (Å²) >= 11 is 0. The van der Waals surface area contributed by atoms with Gasteiger partial charge < -0.3 is 9.88 Å². The van der Waals surface area contributed by atoms with E-state index in [9.17, 15) is 9.59 Å². The van der Waals surface area contributed by atoms with Crippen molar-refractivity contribution in [3.63, 3.8) is 0 Å². The summed E-state index contributed by atoms with van der Waals surface area (Å²) in [6.45, 7) is 8.25. The Morgan fingerprint density at radius 1 is 1.39 bits per heavy atom. The third-order valence-electron chi connectivity index (χ3n) is 3.73. The van der Waals surface area contributed by atoms with E-state index in [0.29, 0.717) is 11.5 Å². The van der Waals surface area contributed by atoms with Gasteiger partial charge in [-0.25, -0.2) is 0 Å². The molecule has 0 aromatic carbocycles. The summed E-state index contributed by atoms with van der Waals surface area (Å²) in [6, 6.07) is 2.98. The summed E-state index contributed by atoms with van der Waals surface area (Å²) in [5.74, 6) is 0.558. The average Bonchev–Trinajstić information content (AvgIpc) is 2.78. The van der Waals surface area contributed by atoms with Crippen molar-refractivity contribution in [3.05, 3.63) is 34.2 Å². The van der Waals surface area contributed by atoms with Gasteiger partial charge in [0.25, 0.3) is 5.91 Å². The fraction of sp³-hybridized carbons (Fsp3) is 0.571. The smallest absolute Gasteiger partial charge is 0.255 e. The average molecular weight is 248 g/mol. The van der Waals surface area contributed by atoms with Gasteiger partial charge in [-0.05, 0) is 23.8 Å². The molecular formula is C14H20N2O2. The minimum Gasteiger partial charge on any atom is -0.338 e. The molecule has 1 aliphatic heterocycles. The summed E-state index contributed by atoms with van der Waals surface area (Å²) in [5.41, 5.74) is 0.615. The predicted octanol–water partition coefficient (Wildman–Crippen LogP) is 1.88. The topological polar surface area (TPSA) is 53.2 Å². The molecule has 0 radical (unpaired) electrons. The van der Waals surface area contributed by atoms with Crippen molar-refractivity contribution in [1.82, 2.24) is 9.88 Å². The highest BCUT2D eigenvalue weighted by atomic mass is 16.2. The van der Waals surface area contributed by atoms with E-state index in [1.54, 1.807) is 6.07 Å². The number of likely N-dealkylation sites (tertiary alicyclic amines) is 1. The maximum Gasteiger partial charge on any atom is 0.255 e. The van der Waals surface area contributed by atoms with Crippen LogP contribution in [-0.2, 0) is 0 Å². The van der Waals surface area contributed by atoms with Crippen molar-refractivity contribution >= 4 is 5.91 Å². The molecule has 0 aliphatic carbocycles. The van der Waals surface area contributed by atoms with Gasteiger partial charge in [-0.15, -0.1) is 0 Å². The molecule has 2 heterocycles. The molecular weight excluding hydrogens is 228 g/mol. The van der Waals surface area contributed by atoms with Gasteiger partial charge in [0.15, 0.2) is 0 Å². The van der Waals surface area contributed by atoms with E-state index in [1.165, 1.54) is 12.3 Å². The Labute approximate surface area is 107 Å². The summed E-state index contributed by atoms with van der Waals surface area (Å²) in [5, 5.41) is 0. The third kappa shape index (κ3) is 2.63. The molecule has 1 aromatic rings. The molecule has 1 amide bonds. The zero-order chi connectivity index (χ0) is 13.3. The highest BCUT2D eigenvalue weighted by molar-refractivity contribution is 5.94. The molecule has 1 aliphatic rings. The summed E-state index contributed by atoms with van der Waals surface area (Å²) in [7, 11) is 0. The van der Waals surface area contributed by atoms with Crippen molar-refractivity contribution in [2.24, 2.45) is 11.3 Å². The number of aromatic amines is 1. The Bertz CT molecular complexity index is 479. The number of nitrogens with one attached hydrogen (secondary N) is 1. The predicted molar refractivity (Wildman–Crippen MR) is 70.5 cm³/mol. The summed E-state index contributed by atoms with van der Waals surface area (Å²) in [6.07, 6.45) is 2.55. The molecule has 2 rings (SSSR count). The number of aromatic nitrogens is 1. The lowest BCUT2D eigenvalue weighted by atomic mass is 9.80. The Kier molecular flexibility index (Phi) is 3.28. The van der Waals surface area contributed by atoms with Crippen molar-refractivity contribution in [2.45, 2.75) is 27.2 Å². The molecule has 4 heteroatoms. The first kappa shape index (κ1) is 12.9. The Balaban J connectivity index is 2.08. The second-order valence-corrected chi connectivity index (χ2v) is 6.04. The van der Waals surface area contributed by atoms with Gasteiger partial charge in [-0.2, -0.15) is 0 Å². The quantitative estimate of drug-likeness (QED) is 0.825. The Hall–Kier alpha value is -1.58. The van der Waals surface area contributed by atoms with Crippen LogP contribution < -0.4 is 5.56 Å². The van der Waals surface area contributed by atoms with Gasteiger partial charge in [0.1, 0.15) is 0 Å². The maximum atomic E-state index is 12.2. The highest BCUT2D eigenvalue weighted by Gasteiger charge is 2.34. The van der Waals surface area contributed by atoms with Gasteiger partial charge in [-0.3, -0.25) is 9.59 Å². The minimum absolute atomic E-state index is 0.0120. The van der Waals surface area contributed by atoms with Crippen LogP contribution in [0.25, 0.3) is 0 Å². The third-order valence-corrected chi connectivity index (χ3v) is 3.73. The zero-order valence-corrected chi connectivity index (χ0v) is 11.2. The number of pyridine rings is 1. The number of nitrogens with zero attached hydrogens (tertiary/aromatic N) is 1. The number of carbonyl (C=O) groups excluding carboxylic acids is 1. The van der Waals surface area contributed by atoms with Crippen LogP contribution in [0.1, 0.15) is 37.6 Å². The van der Waals surface area contributed by atoms with Crippen LogP contribution in [0.5, 0.6) is 0 Å². The molecule has 1 aromatic heterocycles. The van der Waals surface area contributed by atoms with Gasteiger partial charge in [0.05, 0.1) is 5.56 Å². The molecule has 1 fully saturated rings. The lowest BCUT2D eigenvalue weighted by molar-refractivity contribution is 0.0776. The van der Waals surface area contributed by atoms with Crippen LogP contribution in [-0.4, -0.2) is 28.9 Å². The second kappa shape index (κ2) is 4.59. The number of carbonyl (C=O) groups is 1. The molecule has 1 N–H and O–H groups in total. The Morgan fingerprint density at radius 3 is 2.61 bits per heavy atom. The molecule has 0 saturated carbocycles. The molecule has 0 bridgehead atoms. The summed E-state index contributed by atoms with van der Waals surface area (Å²) in [4.78, 5) is 27.6. The van der Waals surface area contributed by atoms with Crippen LogP contribution in [0.2, 0.25) is 0 Å². The minimum atomic E-state index is -0.180. The van der Waals surface area contributed by atoms with E-state index in [4.69, 9.17) is 0 Å². The van der Waals surface area contributed by atoms with Crippen LogP contribution in [0, 0.1) is 11.3 Å². The van der Waals surface area contributed by atoms with Crippen molar-refractivity contribution < 1.29 is 4.79 Å². The number of H-pyrrole nitrogens is 1. The normalized spacial score (nSPS) is 20.2. The lowest BCUT2D eigenvalue weighted by Crippen LogP contribution is -2.31. The standard InChI is InChI=1S/C14H20N2O2/c1-14(2,3)11-6-7-16(9-11)13(18)10-4-5-12(17)15-8-10/h4-5,8,11H,6-7,9H2,1-3H3,(H,15,17). The highest BCUT2D eigenvalue weighted by Crippen LogP contribution is 2.33. The molecule has 98 valence electrons. The number of hydrogen-bond donors (Lipinski definition) is 1. The first-order chi connectivity index (χ1) is 8.38. The fourth-order valence-corrected chi connectivity index (χ4v) is 2.38. The number of rotatable bonds is 1. The van der Waals surface area contributed by atoms with Gasteiger partial charge in [0, 0.05) is 25.4 Å². The monoisotopic (exact) mass is 248 g/mol. The van der Waals surface area contributed by atoms with Gasteiger partial charge >= 0.3 is 0 Å². The molecule has 4 nitrogen and oxygen atoms in total. The van der Waals surface area contributed by atoms with E-state index in [2.05, 4.69) is 25.8 Å². The van der Waals surface area contributed by atoms with E-state index in [-0.39, 0.29) is 16.9 Å². The number of hydrogen-bond acceptors (Lipinski definition) is 2. The fourth-order valence-electron chi connectivity index (χ4n) is 2.38. The molecule has 18 heavy (non-hydrogen) atoms. The van der Waals surface area contributed by atoms with E-state index >= 15 is 0 Å². The molecule has 1 saturated heterocycles. The zero-order valence-electron chi connectivity index (χ0n) is 11.2. The van der Waals surface area contributed by atoms with Gasteiger partial charge in [-0.1, -0.05) is 20.8 Å². The Morgan fingerprint density at radius 2 is 2.11 bits per heavy atom. The van der Waals surface area contributed by atoms with Crippen molar-refractivity contribution in [1.29, 1.82) is 0 Å². The van der Waals surface area contributed by atoms with Gasteiger partial charge in [0.2, 0.25) is 5.56 Å². The largest absolute Gasteiger partial charge is 0.338 e. The van der Waals surface area contributed by atoms with Crippen LogP contribution in [0.4, 0.5) is 0 Å². The van der Waals surface area contributed by atoms with E-state index < -0.39 is 0 Å². The van der Waals surface area contributed by atoms with E-state index in [1.807, 2.05) is 4.90 Å². The second-order valence-electron chi connectivity index (χ2n) is 6.04. The maximum absolute atomic E-state index is 12.2. The molecule has 1 unspecified atom stereocenters. The van der Waals surface area contributed by atoms with E-state index in [0.717, 1.165) is 19.5 Å². The van der Waals surface area contributed by atoms with Crippen molar-refractivity contribution in [2.75, 3.05) is 13.1 Å². The SMILES string of the molecule is CC(C)(C)C1CCN(C(=O)c2ccc(=O)[nH]c2)C1. The first-order valence-electron chi connectivity index (χ1n) is 6.36. The van der Waals surface area contributed by atoms with Crippen LogP contribution in [0.15, 0.2) is 23.1 Å². The molecule has 1 atom stereocenters. The van der Waals surface area contributed by atoms with Crippen LogP contribution in [0.3, 0.4) is 0 Å². The first-order valence-corrected chi connectivity index (χ1v) is 6.36. The number of amides is 1.